The van der Waals surface area contributed by atoms with Gasteiger partial charge in [-0.05, 0) is 13.3 Å². The lowest BCUT2D eigenvalue weighted by Gasteiger charge is -2.22. The van der Waals surface area contributed by atoms with Crippen LogP contribution >= 0.6 is 0 Å². The average molecular weight is 310 g/mol. The Kier molecular flexibility index (Phi) is 12.9. The Morgan fingerprint density at radius 1 is 1.10 bits per heavy atom. The standard InChI is InChI=1S/C6H12O6.C6H10O3/c7-1-3(9)5(11)6(12)4(10)2-8;1-5(6(8)9)3-2-4-7/h1,3-6,8-12H,2H2;3,7H,2,4H2,1H3,(H,8,9). The van der Waals surface area contributed by atoms with E-state index in [2.05, 4.69) is 0 Å². The smallest absolute Gasteiger partial charge is 0.330 e. The highest BCUT2D eigenvalue weighted by atomic mass is 16.4. The minimum absolute atomic E-state index is 0.00458. The molecule has 4 unspecified atom stereocenters. The van der Waals surface area contributed by atoms with Crippen molar-refractivity contribution in [2.24, 2.45) is 0 Å². The van der Waals surface area contributed by atoms with Gasteiger partial charge >= 0.3 is 5.97 Å². The molecule has 0 aliphatic carbocycles. The van der Waals surface area contributed by atoms with Gasteiger partial charge < -0.3 is 40.5 Å². The molecule has 0 aromatic rings. The Labute approximate surface area is 121 Å². The van der Waals surface area contributed by atoms with E-state index in [-0.39, 0.29) is 18.5 Å². The molecule has 0 rings (SSSR count). The fourth-order valence-corrected chi connectivity index (χ4v) is 0.986. The monoisotopic (exact) mass is 310 g/mol. The summed E-state index contributed by atoms with van der Waals surface area (Å²) in [4.78, 5) is 20.0. The third-order valence-corrected chi connectivity index (χ3v) is 2.34. The van der Waals surface area contributed by atoms with Gasteiger partial charge in [-0.15, -0.1) is 0 Å². The number of carboxylic acid groups (broad SMARTS) is 1. The van der Waals surface area contributed by atoms with Gasteiger partial charge in [-0.1, -0.05) is 6.08 Å². The van der Waals surface area contributed by atoms with Gasteiger partial charge in [0.1, 0.15) is 24.4 Å². The number of rotatable bonds is 8. The molecule has 0 amide bonds. The van der Waals surface area contributed by atoms with Crippen LogP contribution in [-0.2, 0) is 9.59 Å². The Morgan fingerprint density at radius 2 is 1.62 bits per heavy atom. The van der Waals surface area contributed by atoms with Crippen LogP contribution in [0.3, 0.4) is 0 Å². The van der Waals surface area contributed by atoms with Gasteiger partial charge in [-0.3, -0.25) is 0 Å². The van der Waals surface area contributed by atoms with Crippen LogP contribution in [0.2, 0.25) is 0 Å². The maximum atomic E-state index is 10.1. The van der Waals surface area contributed by atoms with Gasteiger partial charge in [0.05, 0.1) is 6.61 Å². The molecule has 124 valence electrons. The largest absolute Gasteiger partial charge is 0.478 e. The van der Waals surface area contributed by atoms with E-state index in [4.69, 9.17) is 35.7 Å². The molecule has 4 atom stereocenters. The molecule has 0 bridgehead atoms. The summed E-state index contributed by atoms with van der Waals surface area (Å²) in [5, 5.41) is 60.1. The lowest BCUT2D eigenvalue weighted by Crippen LogP contribution is -2.46. The van der Waals surface area contributed by atoms with Gasteiger partial charge in [-0.2, -0.15) is 0 Å². The predicted molar refractivity (Wildman–Crippen MR) is 70.3 cm³/mol. The van der Waals surface area contributed by atoms with E-state index >= 15 is 0 Å². The van der Waals surface area contributed by atoms with E-state index in [0.29, 0.717) is 6.42 Å². The fraction of sp³-hybridized carbons (Fsp3) is 0.667. The van der Waals surface area contributed by atoms with E-state index in [1.54, 1.807) is 0 Å². The van der Waals surface area contributed by atoms with Crippen LogP contribution in [0.1, 0.15) is 13.3 Å². The van der Waals surface area contributed by atoms with E-state index in [1.165, 1.54) is 13.0 Å². The molecule has 0 radical (unpaired) electrons. The summed E-state index contributed by atoms with van der Waals surface area (Å²) < 4.78 is 0. The number of carbonyl (C=O) groups excluding carboxylic acids is 1. The summed E-state index contributed by atoms with van der Waals surface area (Å²) in [5.41, 5.74) is 0.282. The van der Waals surface area contributed by atoms with Crippen molar-refractivity contribution in [2.45, 2.75) is 37.8 Å². The first-order chi connectivity index (χ1) is 9.72. The first-order valence-electron chi connectivity index (χ1n) is 6.02. The molecule has 9 heteroatoms. The Morgan fingerprint density at radius 3 is 1.95 bits per heavy atom. The highest BCUT2D eigenvalue weighted by molar-refractivity contribution is 5.85. The van der Waals surface area contributed by atoms with Crippen molar-refractivity contribution >= 4 is 12.3 Å². The third-order valence-electron chi connectivity index (χ3n) is 2.34. The number of aliphatic hydroxyl groups is 6. The fourth-order valence-electron chi connectivity index (χ4n) is 0.986. The van der Waals surface area contributed by atoms with E-state index in [0.717, 1.165) is 0 Å². The molecule has 0 aliphatic heterocycles. The Balaban J connectivity index is 0. The SMILES string of the molecule is CC(=CCCO)C(=O)O.O=CC(O)C(O)C(O)C(O)CO. The maximum absolute atomic E-state index is 10.1. The highest BCUT2D eigenvalue weighted by Gasteiger charge is 2.29. The van der Waals surface area contributed by atoms with E-state index in [9.17, 15) is 9.59 Å². The predicted octanol–water partition coefficient (Wildman–Crippen LogP) is -2.98. The van der Waals surface area contributed by atoms with Gasteiger partial charge in [0.15, 0.2) is 6.29 Å². The zero-order chi connectivity index (χ0) is 17.0. The molecule has 0 heterocycles. The normalized spacial score (nSPS) is 17.0. The molecule has 0 aromatic heterocycles. The maximum Gasteiger partial charge on any atom is 0.330 e. The lowest BCUT2D eigenvalue weighted by atomic mass is 10.0. The summed E-state index contributed by atoms with van der Waals surface area (Å²) in [6.45, 7) is 0.742. The van der Waals surface area contributed by atoms with Gasteiger partial charge in [-0.25, -0.2) is 4.79 Å². The van der Waals surface area contributed by atoms with Crippen LogP contribution in [0.5, 0.6) is 0 Å². The molecule has 0 aromatic carbocycles. The number of carbonyl (C=O) groups is 2. The minimum Gasteiger partial charge on any atom is -0.478 e. The zero-order valence-electron chi connectivity index (χ0n) is 11.5. The number of aldehydes is 1. The number of hydrogen-bond acceptors (Lipinski definition) is 8. The molecule has 0 saturated carbocycles. The van der Waals surface area contributed by atoms with Crippen molar-refractivity contribution < 1.29 is 45.3 Å². The molecule has 21 heavy (non-hydrogen) atoms. The number of aliphatic carboxylic acids is 1. The third kappa shape index (κ3) is 10.1. The molecule has 7 N–H and O–H groups in total. The van der Waals surface area contributed by atoms with Crippen LogP contribution in [0, 0.1) is 0 Å². The Bertz CT molecular complexity index is 329. The second-order valence-electron chi connectivity index (χ2n) is 4.06. The molecule has 0 saturated heterocycles. The summed E-state index contributed by atoms with van der Waals surface area (Å²) >= 11 is 0. The van der Waals surface area contributed by atoms with E-state index < -0.39 is 37.0 Å². The van der Waals surface area contributed by atoms with Crippen LogP contribution in [0.25, 0.3) is 0 Å². The van der Waals surface area contributed by atoms with Gasteiger partial charge in [0.25, 0.3) is 0 Å². The minimum atomic E-state index is -1.79. The van der Waals surface area contributed by atoms with Crippen LogP contribution in [0.4, 0.5) is 0 Å². The highest BCUT2D eigenvalue weighted by Crippen LogP contribution is 2.02. The second kappa shape index (κ2) is 12.4. The molecule has 9 nitrogen and oxygen atoms in total. The molecule has 0 fully saturated rings. The summed E-state index contributed by atoms with van der Waals surface area (Å²) in [6, 6.07) is 0. The first kappa shape index (κ1) is 21.9. The van der Waals surface area contributed by atoms with Crippen molar-refractivity contribution in [3.05, 3.63) is 11.6 Å². The van der Waals surface area contributed by atoms with Crippen molar-refractivity contribution in [1.82, 2.24) is 0 Å². The lowest BCUT2D eigenvalue weighted by molar-refractivity contribution is -0.136. The molecule has 0 spiro atoms. The van der Waals surface area contributed by atoms with Crippen molar-refractivity contribution in [2.75, 3.05) is 13.2 Å². The van der Waals surface area contributed by atoms with Crippen molar-refractivity contribution in [3.63, 3.8) is 0 Å². The number of hydrogen-bond donors (Lipinski definition) is 7. The number of aliphatic hydroxyl groups excluding tert-OH is 6. The van der Waals surface area contributed by atoms with Crippen LogP contribution < -0.4 is 0 Å². The quantitative estimate of drug-likeness (QED) is 0.182. The molecule has 0 aliphatic rings. The van der Waals surface area contributed by atoms with Gasteiger partial charge in [0.2, 0.25) is 0 Å². The van der Waals surface area contributed by atoms with Crippen LogP contribution in [-0.4, -0.2) is 85.6 Å². The summed E-state index contributed by atoms with van der Waals surface area (Å²) in [7, 11) is 0. The topological polar surface area (TPSA) is 176 Å². The van der Waals surface area contributed by atoms with Crippen molar-refractivity contribution in [1.29, 1.82) is 0 Å². The van der Waals surface area contributed by atoms with Crippen LogP contribution in [0.15, 0.2) is 11.6 Å². The Hall–Kier alpha value is -1.36. The van der Waals surface area contributed by atoms with Gasteiger partial charge in [0, 0.05) is 12.2 Å². The van der Waals surface area contributed by atoms with Crippen molar-refractivity contribution in [3.8, 4) is 0 Å². The second-order valence-corrected chi connectivity index (χ2v) is 4.06. The molecular weight excluding hydrogens is 288 g/mol. The zero-order valence-corrected chi connectivity index (χ0v) is 11.5. The first-order valence-corrected chi connectivity index (χ1v) is 6.02. The average Bonchev–Trinajstić information content (AvgIpc) is 2.49. The van der Waals surface area contributed by atoms with E-state index in [1.807, 2.05) is 0 Å². The molecular formula is C12H22O9. The summed E-state index contributed by atoms with van der Waals surface area (Å²) in [5.74, 6) is -0.927. The summed E-state index contributed by atoms with van der Waals surface area (Å²) in [6.07, 6.45) is -4.94. The number of carboxylic acids is 1.